The predicted molar refractivity (Wildman–Crippen MR) is 82.4 cm³/mol. The van der Waals surface area contributed by atoms with Gasteiger partial charge >= 0.3 is 0 Å². The Morgan fingerprint density at radius 1 is 0.950 bits per heavy atom. The summed E-state index contributed by atoms with van der Waals surface area (Å²) in [5.74, 6) is 0. The number of hydrogen-bond acceptors (Lipinski definition) is 3. The molecule has 0 radical (unpaired) electrons. The first-order chi connectivity index (χ1) is 8.92. The molecule has 0 saturated carbocycles. The van der Waals surface area contributed by atoms with Gasteiger partial charge in [0.05, 0.1) is 11.5 Å². The molecule has 0 aliphatic carbocycles. The van der Waals surface area contributed by atoms with E-state index in [0.717, 1.165) is 5.56 Å². The molecule has 0 aliphatic heterocycles. The maximum Gasteiger partial charge on any atom is 0.296 e. The van der Waals surface area contributed by atoms with Crippen LogP contribution in [-0.4, -0.2) is 15.0 Å². The van der Waals surface area contributed by atoms with Crippen LogP contribution in [0.15, 0.2) is 29.2 Å². The maximum absolute atomic E-state index is 12.1. The second-order valence-electron chi connectivity index (χ2n) is 7.36. The lowest BCUT2D eigenvalue weighted by Gasteiger charge is -2.19. The van der Waals surface area contributed by atoms with Crippen LogP contribution in [0.5, 0.6) is 0 Å². The largest absolute Gasteiger partial charge is 0.296 e. The van der Waals surface area contributed by atoms with Gasteiger partial charge in [0.15, 0.2) is 0 Å². The molecule has 0 aliphatic rings. The van der Waals surface area contributed by atoms with Crippen molar-refractivity contribution < 1.29 is 12.6 Å². The van der Waals surface area contributed by atoms with Crippen molar-refractivity contribution in [1.29, 1.82) is 0 Å². The lowest BCUT2D eigenvalue weighted by Crippen LogP contribution is -2.14. The van der Waals surface area contributed by atoms with Gasteiger partial charge in [0.25, 0.3) is 10.1 Å². The molecule has 0 saturated heterocycles. The van der Waals surface area contributed by atoms with Gasteiger partial charge in [0.2, 0.25) is 0 Å². The van der Waals surface area contributed by atoms with E-state index >= 15 is 0 Å². The Bertz CT molecular complexity index is 529. The molecule has 1 rings (SSSR count). The van der Waals surface area contributed by atoms with E-state index in [1.165, 1.54) is 0 Å². The van der Waals surface area contributed by atoms with Gasteiger partial charge in [-0.25, -0.2) is 0 Å². The smallest absolute Gasteiger partial charge is 0.266 e. The molecule has 0 aromatic heterocycles. The van der Waals surface area contributed by atoms with E-state index in [1.54, 1.807) is 12.1 Å². The molecule has 0 spiro atoms. The fraction of sp³-hybridized carbons (Fsp3) is 0.625. The van der Waals surface area contributed by atoms with E-state index in [9.17, 15) is 8.42 Å². The van der Waals surface area contributed by atoms with Crippen LogP contribution in [-0.2, 0) is 19.7 Å². The van der Waals surface area contributed by atoms with Crippen molar-refractivity contribution in [3.05, 3.63) is 29.8 Å². The molecule has 4 heteroatoms. The molecule has 0 heterocycles. The zero-order chi connectivity index (χ0) is 15.6. The van der Waals surface area contributed by atoms with Crippen LogP contribution >= 0.6 is 0 Å². The quantitative estimate of drug-likeness (QED) is 0.785. The standard InChI is InChI=1S/C16H26O3S/c1-15(2,3)11-12-19-20(17,18)14-9-7-13(8-10-14)16(4,5)6/h7-10H,11-12H2,1-6H3. The molecule has 0 bridgehead atoms. The molecule has 0 unspecified atom stereocenters. The first kappa shape index (κ1) is 17.2. The van der Waals surface area contributed by atoms with Gasteiger partial charge in [-0.05, 0) is 34.9 Å². The fourth-order valence-electron chi connectivity index (χ4n) is 1.65. The minimum absolute atomic E-state index is 0.00931. The van der Waals surface area contributed by atoms with Crippen LogP contribution in [0.3, 0.4) is 0 Å². The first-order valence-electron chi connectivity index (χ1n) is 6.92. The SMILES string of the molecule is CC(C)(C)CCOS(=O)(=O)c1ccc(C(C)(C)C)cc1. The second-order valence-corrected chi connectivity index (χ2v) is 8.98. The van der Waals surface area contributed by atoms with Gasteiger partial charge in [0.1, 0.15) is 0 Å². The molecule has 20 heavy (non-hydrogen) atoms. The van der Waals surface area contributed by atoms with E-state index in [-0.39, 0.29) is 22.3 Å². The lowest BCUT2D eigenvalue weighted by atomic mass is 9.87. The summed E-state index contributed by atoms with van der Waals surface area (Å²) in [5.41, 5.74) is 1.17. The van der Waals surface area contributed by atoms with Crippen LogP contribution < -0.4 is 0 Å². The Morgan fingerprint density at radius 3 is 1.85 bits per heavy atom. The second kappa shape index (κ2) is 5.86. The Hall–Kier alpha value is -0.870. The first-order valence-corrected chi connectivity index (χ1v) is 8.33. The Kier molecular flexibility index (Phi) is 5.03. The topological polar surface area (TPSA) is 43.4 Å². The van der Waals surface area contributed by atoms with Crippen LogP contribution in [0.1, 0.15) is 53.5 Å². The summed E-state index contributed by atoms with van der Waals surface area (Å²) in [5, 5.41) is 0. The van der Waals surface area contributed by atoms with Crippen molar-refractivity contribution in [3.63, 3.8) is 0 Å². The molecule has 1 aromatic carbocycles. The zero-order valence-corrected chi connectivity index (χ0v) is 14.2. The summed E-state index contributed by atoms with van der Waals surface area (Å²) in [6.45, 7) is 12.7. The minimum Gasteiger partial charge on any atom is -0.266 e. The molecule has 0 atom stereocenters. The fourth-order valence-corrected chi connectivity index (χ4v) is 2.56. The molecular weight excluding hydrogens is 272 g/mol. The summed E-state index contributed by atoms with van der Waals surface area (Å²) in [6.07, 6.45) is 0.701. The number of hydrogen-bond donors (Lipinski definition) is 0. The Labute approximate surface area is 123 Å². The predicted octanol–water partition coefficient (Wildman–Crippen LogP) is 4.13. The van der Waals surface area contributed by atoms with Crippen molar-refractivity contribution in [2.75, 3.05) is 6.61 Å². The lowest BCUT2D eigenvalue weighted by molar-refractivity contribution is 0.247. The van der Waals surface area contributed by atoms with Crippen LogP contribution in [0.4, 0.5) is 0 Å². The summed E-state index contributed by atoms with van der Waals surface area (Å²) >= 11 is 0. The van der Waals surface area contributed by atoms with E-state index in [2.05, 4.69) is 41.5 Å². The van der Waals surface area contributed by atoms with Gasteiger partial charge < -0.3 is 0 Å². The molecule has 114 valence electrons. The van der Waals surface area contributed by atoms with Crippen molar-refractivity contribution in [3.8, 4) is 0 Å². The van der Waals surface area contributed by atoms with Gasteiger partial charge in [-0.1, -0.05) is 53.7 Å². The summed E-state index contributed by atoms with van der Waals surface area (Å²) in [7, 11) is -3.64. The molecule has 0 N–H and O–H groups in total. The summed E-state index contributed by atoms with van der Waals surface area (Å²) in [6, 6.07) is 6.93. The Balaban J connectivity index is 2.78. The normalized spacial score (nSPS) is 13.5. The third-order valence-corrected chi connectivity index (χ3v) is 4.43. The van der Waals surface area contributed by atoms with E-state index in [4.69, 9.17) is 4.18 Å². The van der Waals surface area contributed by atoms with E-state index in [1.807, 2.05) is 12.1 Å². The van der Waals surface area contributed by atoms with Crippen LogP contribution in [0.2, 0.25) is 0 Å². The third kappa shape index (κ3) is 5.25. The van der Waals surface area contributed by atoms with Crippen LogP contribution in [0, 0.1) is 5.41 Å². The molecule has 1 aromatic rings. The van der Waals surface area contributed by atoms with Gasteiger partial charge in [-0.3, -0.25) is 4.18 Å². The summed E-state index contributed by atoms with van der Waals surface area (Å²) in [4.78, 5) is 0.222. The Morgan fingerprint density at radius 2 is 1.45 bits per heavy atom. The average molecular weight is 298 g/mol. The highest BCUT2D eigenvalue weighted by molar-refractivity contribution is 7.86. The van der Waals surface area contributed by atoms with Gasteiger partial charge in [-0.15, -0.1) is 0 Å². The zero-order valence-electron chi connectivity index (χ0n) is 13.4. The molecule has 3 nitrogen and oxygen atoms in total. The summed E-state index contributed by atoms with van der Waals surface area (Å²) < 4.78 is 29.2. The van der Waals surface area contributed by atoms with Crippen molar-refractivity contribution in [1.82, 2.24) is 0 Å². The average Bonchev–Trinajstić information content (AvgIpc) is 2.26. The van der Waals surface area contributed by atoms with E-state index < -0.39 is 10.1 Å². The monoisotopic (exact) mass is 298 g/mol. The van der Waals surface area contributed by atoms with Crippen molar-refractivity contribution >= 4 is 10.1 Å². The van der Waals surface area contributed by atoms with Crippen molar-refractivity contribution in [2.45, 2.75) is 58.3 Å². The highest BCUT2D eigenvalue weighted by Crippen LogP contribution is 2.24. The highest BCUT2D eigenvalue weighted by atomic mass is 32.2. The maximum atomic E-state index is 12.1. The van der Waals surface area contributed by atoms with Gasteiger partial charge in [-0.2, -0.15) is 8.42 Å². The third-order valence-electron chi connectivity index (χ3n) is 3.10. The highest BCUT2D eigenvalue weighted by Gasteiger charge is 2.19. The number of benzene rings is 1. The molecule has 0 fully saturated rings. The van der Waals surface area contributed by atoms with E-state index in [0.29, 0.717) is 6.42 Å². The molecular formula is C16H26O3S. The molecule has 0 amide bonds. The van der Waals surface area contributed by atoms with Crippen LogP contribution in [0.25, 0.3) is 0 Å². The van der Waals surface area contributed by atoms with Gasteiger partial charge in [0, 0.05) is 0 Å². The van der Waals surface area contributed by atoms with Crippen molar-refractivity contribution in [2.24, 2.45) is 5.41 Å². The number of rotatable bonds is 4. The minimum atomic E-state index is -3.64.